The first-order chi connectivity index (χ1) is 10.6. The molecule has 23 heavy (non-hydrogen) atoms. The lowest BCUT2D eigenvalue weighted by Gasteiger charge is -2.33. The highest BCUT2D eigenvalue weighted by Crippen LogP contribution is 2.28. The maximum Gasteiger partial charge on any atom is 0.220 e. The highest BCUT2D eigenvalue weighted by Gasteiger charge is 2.26. The molecule has 4 heteroatoms. The van der Waals surface area contributed by atoms with Crippen LogP contribution in [0.15, 0.2) is 18.2 Å². The Hall–Kier alpha value is -1.71. The van der Waals surface area contributed by atoms with Gasteiger partial charge in [-0.05, 0) is 49.8 Å². The summed E-state index contributed by atoms with van der Waals surface area (Å²) in [7, 11) is 3.23. The van der Waals surface area contributed by atoms with Gasteiger partial charge in [0.15, 0.2) is 11.5 Å². The minimum absolute atomic E-state index is 0.0778. The number of rotatable bonds is 7. The van der Waals surface area contributed by atoms with Crippen LogP contribution in [0.4, 0.5) is 0 Å². The standard InChI is InChI=1S/C19H31NO3/c1-18(2,3)13-19(4,5)20-17(21)11-9-14-8-10-15(22-6)16(12-14)23-7/h8,10,12H,9,11,13H2,1-7H3,(H,20,21). The van der Waals surface area contributed by atoms with Crippen molar-refractivity contribution in [2.75, 3.05) is 14.2 Å². The average Bonchev–Trinajstić information content (AvgIpc) is 2.41. The Bertz CT molecular complexity index is 530. The molecule has 0 aromatic heterocycles. The van der Waals surface area contributed by atoms with Crippen LogP contribution in [0.5, 0.6) is 11.5 Å². The quantitative estimate of drug-likeness (QED) is 0.826. The first-order valence-corrected chi connectivity index (χ1v) is 8.08. The van der Waals surface area contributed by atoms with E-state index in [9.17, 15) is 4.79 Å². The van der Waals surface area contributed by atoms with Gasteiger partial charge < -0.3 is 14.8 Å². The number of carbonyl (C=O) groups is 1. The summed E-state index contributed by atoms with van der Waals surface area (Å²) in [6, 6.07) is 5.76. The van der Waals surface area contributed by atoms with Gasteiger partial charge in [0.1, 0.15) is 0 Å². The molecule has 0 radical (unpaired) electrons. The van der Waals surface area contributed by atoms with Crippen molar-refractivity contribution in [2.24, 2.45) is 5.41 Å². The number of carbonyl (C=O) groups excluding carboxylic acids is 1. The molecule has 0 heterocycles. The van der Waals surface area contributed by atoms with Crippen molar-refractivity contribution >= 4 is 5.91 Å². The van der Waals surface area contributed by atoms with Gasteiger partial charge in [0, 0.05) is 12.0 Å². The summed E-state index contributed by atoms with van der Waals surface area (Å²) in [6.45, 7) is 10.7. The third-order valence-electron chi connectivity index (χ3n) is 3.54. The minimum Gasteiger partial charge on any atom is -0.493 e. The fraction of sp³-hybridized carbons (Fsp3) is 0.632. The third kappa shape index (κ3) is 6.93. The van der Waals surface area contributed by atoms with Crippen molar-refractivity contribution in [3.05, 3.63) is 23.8 Å². The number of hydrogen-bond donors (Lipinski definition) is 1. The van der Waals surface area contributed by atoms with Crippen molar-refractivity contribution < 1.29 is 14.3 Å². The van der Waals surface area contributed by atoms with Crippen molar-refractivity contribution in [2.45, 2.75) is 59.4 Å². The lowest BCUT2D eigenvalue weighted by Crippen LogP contribution is -2.45. The van der Waals surface area contributed by atoms with Crippen LogP contribution in [0.1, 0.15) is 53.0 Å². The van der Waals surface area contributed by atoms with E-state index in [0.29, 0.717) is 24.3 Å². The number of aryl methyl sites for hydroxylation is 1. The molecule has 0 saturated heterocycles. The summed E-state index contributed by atoms with van der Waals surface area (Å²) in [5.74, 6) is 1.47. The Kier molecular flexibility index (Phi) is 6.48. The lowest BCUT2D eigenvalue weighted by atomic mass is 9.81. The molecule has 0 saturated carbocycles. The monoisotopic (exact) mass is 321 g/mol. The molecule has 0 spiro atoms. The number of benzene rings is 1. The molecule has 1 amide bonds. The van der Waals surface area contributed by atoms with Gasteiger partial charge in [-0.15, -0.1) is 0 Å². The molecule has 1 N–H and O–H groups in total. The Morgan fingerprint density at radius 2 is 1.65 bits per heavy atom. The van der Waals surface area contributed by atoms with Crippen molar-refractivity contribution in [3.63, 3.8) is 0 Å². The molecule has 0 bridgehead atoms. The maximum atomic E-state index is 12.2. The van der Waals surface area contributed by atoms with Crippen molar-refractivity contribution in [1.82, 2.24) is 5.32 Å². The first kappa shape index (κ1) is 19.3. The SMILES string of the molecule is COc1ccc(CCC(=O)NC(C)(C)CC(C)(C)C)cc1OC. The molecule has 1 rings (SSSR count). The molecule has 1 aromatic carbocycles. The Morgan fingerprint density at radius 1 is 1.04 bits per heavy atom. The normalized spacial score (nSPS) is 12.0. The molecule has 0 fully saturated rings. The van der Waals surface area contributed by atoms with E-state index in [4.69, 9.17) is 9.47 Å². The van der Waals surface area contributed by atoms with Crippen LogP contribution in [0.25, 0.3) is 0 Å². The predicted molar refractivity (Wildman–Crippen MR) is 94.2 cm³/mol. The van der Waals surface area contributed by atoms with Crippen molar-refractivity contribution in [3.8, 4) is 11.5 Å². The molecule has 130 valence electrons. The van der Waals surface area contributed by atoms with E-state index in [0.717, 1.165) is 12.0 Å². The topological polar surface area (TPSA) is 47.6 Å². The van der Waals surface area contributed by atoms with Crippen LogP contribution in [0.3, 0.4) is 0 Å². The number of amides is 1. The van der Waals surface area contributed by atoms with E-state index in [1.807, 2.05) is 18.2 Å². The average molecular weight is 321 g/mol. The van der Waals surface area contributed by atoms with Gasteiger partial charge in [-0.1, -0.05) is 26.8 Å². The van der Waals surface area contributed by atoms with E-state index in [-0.39, 0.29) is 16.9 Å². The summed E-state index contributed by atoms with van der Waals surface area (Å²) in [5.41, 5.74) is 1.04. The summed E-state index contributed by atoms with van der Waals surface area (Å²) in [6.07, 6.45) is 2.07. The second kappa shape index (κ2) is 7.71. The van der Waals surface area contributed by atoms with Crippen LogP contribution in [0.2, 0.25) is 0 Å². The van der Waals surface area contributed by atoms with E-state index in [1.54, 1.807) is 14.2 Å². The largest absolute Gasteiger partial charge is 0.493 e. The third-order valence-corrected chi connectivity index (χ3v) is 3.54. The van der Waals surface area contributed by atoms with Gasteiger partial charge in [0.2, 0.25) is 5.91 Å². The minimum atomic E-state index is -0.201. The van der Waals surface area contributed by atoms with Crippen molar-refractivity contribution in [1.29, 1.82) is 0 Å². The van der Waals surface area contributed by atoms with Gasteiger partial charge in [-0.2, -0.15) is 0 Å². The smallest absolute Gasteiger partial charge is 0.220 e. The second-order valence-electron chi connectivity index (χ2n) is 7.86. The summed E-state index contributed by atoms with van der Waals surface area (Å²) >= 11 is 0. The second-order valence-corrected chi connectivity index (χ2v) is 7.86. The predicted octanol–water partition coefficient (Wildman–Crippen LogP) is 3.97. The van der Waals surface area contributed by atoms with Crippen LogP contribution >= 0.6 is 0 Å². The lowest BCUT2D eigenvalue weighted by molar-refractivity contribution is -0.122. The first-order valence-electron chi connectivity index (χ1n) is 8.08. The van der Waals surface area contributed by atoms with Crippen LogP contribution in [-0.4, -0.2) is 25.7 Å². The number of hydrogen-bond acceptors (Lipinski definition) is 3. The number of ether oxygens (including phenoxy) is 2. The van der Waals surface area contributed by atoms with E-state index >= 15 is 0 Å². The van der Waals surface area contributed by atoms with Gasteiger partial charge in [-0.25, -0.2) is 0 Å². The summed E-state index contributed by atoms with van der Waals surface area (Å²) < 4.78 is 10.5. The van der Waals surface area contributed by atoms with E-state index < -0.39 is 0 Å². The maximum absolute atomic E-state index is 12.2. The summed E-state index contributed by atoms with van der Waals surface area (Å²) in [4.78, 5) is 12.2. The van der Waals surface area contributed by atoms with Crippen LogP contribution in [-0.2, 0) is 11.2 Å². The van der Waals surface area contributed by atoms with E-state index in [2.05, 4.69) is 39.9 Å². The number of nitrogens with one attached hydrogen (secondary N) is 1. The molecule has 0 unspecified atom stereocenters. The van der Waals surface area contributed by atoms with Crippen LogP contribution in [0, 0.1) is 5.41 Å². The van der Waals surface area contributed by atoms with Crippen LogP contribution < -0.4 is 14.8 Å². The van der Waals surface area contributed by atoms with Gasteiger partial charge in [0.25, 0.3) is 0 Å². The highest BCUT2D eigenvalue weighted by atomic mass is 16.5. The molecular weight excluding hydrogens is 290 g/mol. The van der Waals surface area contributed by atoms with Gasteiger partial charge in [0.05, 0.1) is 14.2 Å². The zero-order valence-corrected chi connectivity index (χ0v) is 15.6. The molecule has 1 aromatic rings. The fourth-order valence-electron chi connectivity index (χ4n) is 3.10. The fourth-order valence-corrected chi connectivity index (χ4v) is 3.10. The molecule has 4 nitrogen and oxygen atoms in total. The Labute approximate surface area is 140 Å². The zero-order valence-electron chi connectivity index (χ0n) is 15.6. The van der Waals surface area contributed by atoms with Gasteiger partial charge in [-0.3, -0.25) is 4.79 Å². The molecule has 0 aliphatic rings. The molecule has 0 aliphatic carbocycles. The molecule has 0 aliphatic heterocycles. The van der Waals surface area contributed by atoms with E-state index in [1.165, 1.54) is 0 Å². The molecular formula is C19H31NO3. The zero-order chi connectivity index (χ0) is 17.7. The van der Waals surface area contributed by atoms with Gasteiger partial charge >= 0.3 is 0 Å². The Morgan fingerprint density at radius 3 is 2.17 bits per heavy atom. The summed E-state index contributed by atoms with van der Waals surface area (Å²) in [5, 5.41) is 3.14. The molecule has 0 atom stereocenters. The highest BCUT2D eigenvalue weighted by molar-refractivity contribution is 5.77. The Balaban J connectivity index is 2.59. The number of methoxy groups -OCH3 is 2.